The van der Waals surface area contributed by atoms with Crippen LogP contribution >= 0.6 is 16.1 Å². The molecule has 24 heavy (non-hydrogen) atoms. The van der Waals surface area contributed by atoms with Gasteiger partial charge >= 0.3 is 0 Å². The summed E-state index contributed by atoms with van der Waals surface area (Å²) >= 11 is 3.25. The molecule has 126 valence electrons. The number of carbonyl (C=O) groups excluding carboxylic acids is 1. The van der Waals surface area contributed by atoms with Gasteiger partial charge < -0.3 is 14.9 Å². The quantitative estimate of drug-likeness (QED) is 0.583. The molecular weight excluding hydrogens is 374 g/mol. The average molecular weight is 392 g/mol. The van der Waals surface area contributed by atoms with E-state index in [9.17, 15) is 15.0 Å². The number of phenolic OH excluding ortho intramolecular Hbond substituents is 2. The Labute approximate surface area is 149 Å². The van der Waals surface area contributed by atoms with Crippen LogP contribution in [-0.4, -0.2) is 33.7 Å². The first-order chi connectivity index (χ1) is 11.5. The highest BCUT2D eigenvalue weighted by Crippen LogP contribution is 2.26. The van der Waals surface area contributed by atoms with Crippen LogP contribution in [0.4, 0.5) is 0 Å². The van der Waals surface area contributed by atoms with Gasteiger partial charge in [-0.15, -0.1) is 0 Å². The number of hydrogen-bond donors (Lipinski definition) is 2. The Morgan fingerprint density at radius 1 is 1.21 bits per heavy atom. The molecule has 0 atom stereocenters. The second-order valence-electron chi connectivity index (χ2n) is 5.11. The number of ether oxygens (including phenoxy) is 1. The predicted octanol–water partition coefficient (Wildman–Crippen LogP) is 3.50. The monoisotopic (exact) mass is 391 g/mol. The molecule has 0 aliphatic heterocycles. The van der Waals surface area contributed by atoms with E-state index in [4.69, 9.17) is 4.74 Å². The lowest BCUT2D eigenvalue weighted by Gasteiger charge is -2.12. The number of hydrogen-bond acceptors (Lipinski definition) is 4. The first-order valence-corrected chi connectivity index (χ1v) is 8.01. The van der Waals surface area contributed by atoms with Crippen LogP contribution in [0.1, 0.15) is 11.1 Å². The molecule has 0 saturated carbocycles. The molecule has 0 saturated heterocycles. The van der Waals surface area contributed by atoms with E-state index in [1.807, 2.05) is 12.1 Å². The topological polar surface area (TPSA) is 70.0 Å². The van der Waals surface area contributed by atoms with Crippen LogP contribution in [0, 0.1) is 0 Å². The highest BCUT2D eigenvalue weighted by molar-refractivity contribution is 9.07. The Balaban J connectivity index is 1.92. The van der Waals surface area contributed by atoms with Crippen LogP contribution in [0.3, 0.4) is 0 Å². The maximum absolute atomic E-state index is 12.1. The lowest BCUT2D eigenvalue weighted by Crippen LogP contribution is -2.21. The van der Waals surface area contributed by atoms with Gasteiger partial charge in [-0.25, -0.2) is 0 Å². The smallest absolute Gasteiger partial charge is 0.256 e. The van der Waals surface area contributed by atoms with Gasteiger partial charge in [-0.2, -0.15) is 0 Å². The van der Waals surface area contributed by atoms with E-state index in [-0.39, 0.29) is 17.4 Å². The third-order valence-corrected chi connectivity index (χ3v) is 4.10. The van der Waals surface area contributed by atoms with Gasteiger partial charge in [0.25, 0.3) is 5.91 Å². The second kappa shape index (κ2) is 8.40. The van der Waals surface area contributed by atoms with E-state index >= 15 is 0 Å². The number of rotatable bonds is 6. The van der Waals surface area contributed by atoms with Crippen molar-refractivity contribution in [2.75, 3.05) is 13.7 Å². The van der Waals surface area contributed by atoms with Crippen LogP contribution in [0.5, 0.6) is 17.2 Å². The van der Waals surface area contributed by atoms with Crippen LogP contribution in [-0.2, 0) is 11.2 Å². The van der Waals surface area contributed by atoms with E-state index < -0.39 is 0 Å². The molecule has 0 aliphatic carbocycles. The minimum absolute atomic E-state index is 0.0528. The number of nitrogens with zero attached hydrogens (tertiary/aromatic N) is 1. The fourth-order valence-electron chi connectivity index (χ4n) is 2.05. The minimum atomic E-state index is -0.194. The summed E-state index contributed by atoms with van der Waals surface area (Å²) in [7, 11) is 1.47. The van der Waals surface area contributed by atoms with E-state index in [0.717, 1.165) is 11.1 Å². The molecule has 0 fully saturated rings. The highest BCUT2D eigenvalue weighted by atomic mass is 79.9. The molecule has 0 spiro atoms. The summed E-state index contributed by atoms with van der Waals surface area (Å²) in [6.07, 6.45) is 3.76. The predicted molar refractivity (Wildman–Crippen MR) is 96.1 cm³/mol. The van der Waals surface area contributed by atoms with Crippen molar-refractivity contribution in [3.05, 3.63) is 59.7 Å². The zero-order valence-corrected chi connectivity index (χ0v) is 14.7. The van der Waals surface area contributed by atoms with Crippen molar-refractivity contribution in [3.63, 3.8) is 0 Å². The summed E-state index contributed by atoms with van der Waals surface area (Å²) < 4.78 is 6.47. The van der Waals surface area contributed by atoms with Crippen LogP contribution < -0.4 is 4.74 Å². The number of amides is 1. The third-order valence-electron chi connectivity index (χ3n) is 3.39. The van der Waals surface area contributed by atoms with Crippen LogP contribution in [0.15, 0.2) is 48.5 Å². The van der Waals surface area contributed by atoms with Crippen molar-refractivity contribution in [1.82, 2.24) is 3.93 Å². The van der Waals surface area contributed by atoms with Gasteiger partial charge in [0.2, 0.25) is 0 Å². The van der Waals surface area contributed by atoms with Gasteiger partial charge in [-0.3, -0.25) is 8.72 Å². The van der Waals surface area contributed by atoms with Gasteiger partial charge in [0.1, 0.15) is 5.75 Å². The van der Waals surface area contributed by atoms with E-state index in [1.54, 1.807) is 30.3 Å². The highest BCUT2D eigenvalue weighted by Gasteiger charge is 2.07. The molecule has 1 amide bonds. The molecule has 0 aromatic heterocycles. The summed E-state index contributed by atoms with van der Waals surface area (Å²) in [6, 6.07) is 11.7. The zero-order chi connectivity index (χ0) is 17.5. The van der Waals surface area contributed by atoms with Gasteiger partial charge in [-0.05, 0) is 47.9 Å². The van der Waals surface area contributed by atoms with Gasteiger partial charge in [0, 0.05) is 12.6 Å². The SMILES string of the molecule is COc1cc(C=CC(=O)N(Br)CCc2ccc(O)cc2)ccc1O. The normalized spacial score (nSPS) is 10.8. The number of carbonyl (C=O) groups is 1. The van der Waals surface area contributed by atoms with Gasteiger partial charge in [0.05, 0.1) is 23.3 Å². The molecule has 0 radical (unpaired) electrons. The first-order valence-electron chi connectivity index (χ1n) is 7.30. The fraction of sp³-hybridized carbons (Fsp3) is 0.167. The number of halogens is 1. The molecule has 2 rings (SSSR count). The van der Waals surface area contributed by atoms with Crippen molar-refractivity contribution in [2.45, 2.75) is 6.42 Å². The zero-order valence-electron chi connectivity index (χ0n) is 13.1. The van der Waals surface area contributed by atoms with Crippen LogP contribution in [0.25, 0.3) is 6.08 Å². The molecule has 2 aromatic carbocycles. The van der Waals surface area contributed by atoms with Crippen molar-refractivity contribution in [3.8, 4) is 17.2 Å². The van der Waals surface area contributed by atoms with Gasteiger partial charge in [0.15, 0.2) is 11.5 Å². The Bertz CT molecular complexity index is 728. The summed E-state index contributed by atoms with van der Waals surface area (Å²) in [6.45, 7) is 0.493. The van der Waals surface area contributed by atoms with Crippen molar-refractivity contribution < 1.29 is 19.7 Å². The molecule has 2 N–H and O–H groups in total. The van der Waals surface area contributed by atoms with Crippen LogP contribution in [0.2, 0.25) is 0 Å². The number of aromatic hydroxyl groups is 2. The molecule has 0 heterocycles. The average Bonchev–Trinajstić information content (AvgIpc) is 2.60. The number of benzene rings is 2. The fourth-order valence-corrected chi connectivity index (χ4v) is 2.34. The number of phenols is 2. The lowest BCUT2D eigenvalue weighted by atomic mass is 10.1. The largest absolute Gasteiger partial charge is 0.508 e. The third kappa shape index (κ3) is 5.03. The maximum atomic E-state index is 12.1. The Hall–Kier alpha value is -2.47. The summed E-state index contributed by atoms with van der Waals surface area (Å²) in [5, 5.41) is 18.8. The molecule has 0 aliphatic rings. The minimum Gasteiger partial charge on any atom is -0.508 e. The van der Waals surface area contributed by atoms with Gasteiger partial charge in [-0.1, -0.05) is 18.2 Å². The Morgan fingerprint density at radius 2 is 1.92 bits per heavy atom. The molecule has 2 aromatic rings. The molecule has 6 heteroatoms. The second-order valence-corrected chi connectivity index (χ2v) is 5.96. The lowest BCUT2D eigenvalue weighted by molar-refractivity contribution is -0.120. The Kier molecular flexibility index (Phi) is 6.26. The summed E-state index contributed by atoms with van der Waals surface area (Å²) in [4.78, 5) is 12.1. The first kappa shape index (κ1) is 17.9. The molecular formula is C18H18BrNO4. The van der Waals surface area contributed by atoms with Crippen molar-refractivity contribution >= 4 is 28.1 Å². The number of methoxy groups -OCH3 is 1. The van der Waals surface area contributed by atoms with E-state index in [2.05, 4.69) is 16.1 Å². The van der Waals surface area contributed by atoms with E-state index in [1.165, 1.54) is 23.2 Å². The Morgan fingerprint density at radius 3 is 2.58 bits per heavy atom. The maximum Gasteiger partial charge on any atom is 0.256 e. The van der Waals surface area contributed by atoms with Crippen molar-refractivity contribution in [1.29, 1.82) is 0 Å². The van der Waals surface area contributed by atoms with Crippen molar-refractivity contribution in [2.24, 2.45) is 0 Å². The summed E-state index contributed by atoms with van der Waals surface area (Å²) in [5.74, 6) is 0.434. The molecule has 5 nitrogen and oxygen atoms in total. The molecule has 0 bridgehead atoms. The standard InChI is InChI=1S/C18H18BrNO4/c1-24-17-12-14(4-8-16(17)22)5-9-18(23)20(19)11-10-13-2-6-15(21)7-3-13/h2-9,12,21-22H,10-11H2,1H3. The summed E-state index contributed by atoms with van der Waals surface area (Å²) in [5.41, 5.74) is 1.77. The molecule has 0 unspecified atom stereocenters. The van der Waals surface area contributed by atoms with E-state index in [0.29, 0.717) is 18.7 Å².